The Labute approximate surface area is 174 Å². The van der Waals surface area contributed by atoms with E-state index in [0.29, 0.717) is 23.1 Å². The molecule has 0 unspecified atom stereocenters. The maximum atomic E-state index is 14.3. The van der Waals surface area contributed by atoms with Gasteiger partial charge < -0.3 is 26.1 Å². The number of hydrogen-bond donors (Lipinski definition) is 3. The van der Waals surface area contributed by atoms with Gasteiger partial charge in [0, 0.05) is 37.6 Å². The van der Waals surface area contributed by atoms with E-state index >= 15 is 0 Å². The number of piperidine rings is 1. The molecule has 158 valence electrons. The lowest BCUT2D eigenvalue weighted by molar-refractivity contribution is 0.424. The number of rotatable bonds is 5. The highest BCUT2D eigenvalue weighted by Gasteiger charge is 2.20. The number of fused-ring (bicyclic) bond motifs is 1. The van der Waals surface area contributed by atoms with Crippen molar-refractivity contribution < 1.29 is 4.39 Å². The fraction of sp³-hybridized carbons (Fsp3) is 0.381. The Bertz CT molecular complexity index is 1080. The first-order valence-corrected chi connectivity index (χ1v) is 10.2. The molecule has 1 fully saturated rings. The van der Waals surface area contributed by atoms with E-state index in [1.54, 1.807) is 29.9 Å². The van der Waals surface area contributed by atoms with Crippen LogP contribution in [-0.4, -0.2) is 45.9 Å². The Kier molecular flexibility index (Phi) is 5.54. The van der Waals surface area contributed by atoms with Gasteiger partial charge in [-0.3, -0.25) is 0 Å². The summed E-state index contributed by atoms with van der Waals surface area (Å²) in [7, 11) is 0. The van der Waals surface area contributed by atoms with Crippen LogP contribution in [0.5, 0.6) is 0 Å². The molecule has 1 aliphatic heterocycles. The van der Waals surface area contributed by atoms with Crippen molar-refractivity contribution in [2.24, 2.45) is 10.7 Å². The summed E-state index contributed by atoms with van der Waals surface area (Å²) in [6, 6.07) is 3.74. The van der Waals surface area contributed by atoms with E-state index < -0.39 is 5.82 Å². The zero-order chi connectivity index (χ0) is 21.3. The molecule has 0 saturated carbocycles. The average molecular weight is 411 g/mol. The summed E-state index contributed by atoms with van der Waals surface area (Å²) in [5.74, 6) is -0.324. The van der Waals surface area contributed by atoms with E-state index in [-0.39, 0.29) is 11.5 Å². The van der Waals surface area contributed by atoms with Gasteiger partial charge in [-0.1, -0.05) is 6.92 Å². The number of nitrogens with zero attached hydrogens (tertiary/aromatic N) is 5. The molecule has 4 rings (SSSR count). The molecule has 3 aromatic heterocycles. The minimum atomic E-state index is -0.464. The van der Waals surface area contributed by atoms with Gasteiger partial charge in [0.15, 0.2) is 17.3 Å². The molecule has 9 heteroatoms. The minimum absolute atomic E-state index is 0.139. The standard InChI is InChI=1S/C21H27FN8/c1-3-25-14-4-6-29(7-5-14)16-9-18(23)19(26-10-16)20(24)28-15-8-17(22)21-27-13(2)11-30(21)12-15/h8-12,14,25H,3-7,23H2,1-2H3,(H2,24,28). The number of halogens is 1. The van der Waals surface area contributed by atoms with Crippen molar-refractivity contribution in [1.29, 1.82) is 0 Å². The fourth-order valence-electron chi connectivity index (χ4n) is 3.91. The molecule has 0 aromatic carbocycles. The van der Waals surface area contributed by atoms with Gasteiger partial charge in [-0.25, -0.2) is 19.4 Å². The second-order valence-electron chi connectivity index (χ2n) is 7.61. The van der Waals surface area contributed by atoms with Crippen molar-refractivity contribution in [2.75, 3.05) is 30.3 Å². The smallest absolute Gasteiger partial charge is 0.173 e. The van der Waals surface area contributed by atoms with E-state index in [1.807, 2.05) is 6.07 Å². The van der Waals surface area contributed by atoms with Crippen LogP contribution >= 0.6 is 0 Å². The number of imidazole rings is 1. The van der Waals surface area contributed by atoms with Crippen molar-refractivity contribution >= 4 is 28.5 Å². The lowest BCUT2D eigenvalue weighted by atomic mass is 10.0. The van der Waals surface area contributed by atoms with Crippen LogP contribution in [0.4, 0.5) is 21.5 Å². The molecule has 0 aliphatic carbocycles. The van der Waals surface area contributed by atoms with Gasteiger partial charge >= 0.3 is 0 Å². The van der Waals surface area contributed by atoms with Crippen molar-refractivity contribution in [3.05, 3.63) is 47.9 Å². The van der Waals surface area contributed by atoms with E-state index in [9.17, 15) is 4.39 Å². The van der Waals surface area contributed by atoms with Crippen LogP contribution in [0.3, 0.4) is 0 Å². The molecule has 30 heavy (non-hydrogen) atoms. The van der Waals surface area contributed by atoms with Gasteiger partial charge in [0.05, 0.1) is 29.0 Å². The summed E-state index contributed by atoms with van der Waals surface area (Å²) >= 11 is 0. The maximum absolute atomic E-state index is 14.3. The van der Waals surface area contributed by atoms with Crippen LogP contribution in [0.1, 0.15) is 31.2 Å². The van der Waals surface area contributed by atoms with Gasteiger partial charge in [-0.2, -0.15) is 0 Å². The van der Waals surface area contributed by atoms with E-state index in [0.717, 1.165) is 43.9 Å². The van der Waals surface area contributed by atoms with Gasteiger partial charge in [0.2, 0.25) is 0 Å². The van der Waals surface area contributed by atoms with E-state index in [1.165, 1.54) is 6.07 Å². The summed E-state index contributed by atoms with van der Waals surface area (Å²) in [6.45, 7) is 6.82. The lowest BCUT2D eigenvalue weighted by Crippen LogP contribution is -2.42. The second-order valence-corrected chi connectivity index (χ2v) is 7.61. The Hall–Kier alpha value is -3.20. The molecule has 4 heterocycles. The molecular weight excluding hydrogens is 383 g/mol. The predicted molar refractivity (Wildman–Crippen MR) is 118 cm³/mol. The monoisotopic (exact) mass is 410 g/mol. The zero-order valence-corrected chi connectivity index (χ0v) is 17.3. The van der Waals surface area contributed by atoms with Crippen molar-refractivity contribution in [3.63, 3.8) is 0 Å². The third-order valence-corrected chi connectivity index (χ3v) is 5.36. The van der Waals surface area contributed by atoms with Crippen LogP contribution in [0.15, 0.2) is 35.7 Å². The number of pyridine rings is 2. The molecule has 0 radical (unpaired) electrons. The Morgan fingerprint density at radius 3 is 2.77 bits per heavy atom. The number of amidine groups is 1. The number of aromatic nitrogens is 3. The first kappa shape index (κ1) is 20.1. The van der Waals surface area contributed by atoms with Crippen molar-refractivity contribution in [2.45, 2.75) is 32.7 Å². The van der Waals surface area contributed by atoms with Gasteiger partial charge in [0.25, 0.3) is 0 Å². The highest BCUT2D eigenvalue weighted by Crippen LogP contribution is 2.24. The molecule has 1 aliphatic rings. The molecule has 0 spiro atoms. The van der Waals surface area contributed by atoms with Crippen molar-refractivity contribution in [3.8, 4) is 0 Å². The first-order chi connectivity index (χ1) is 14.4. The summed E-state index contributed by atoms with van der Waals surface area (Å²) in [4.78, 5) is 15.2. The highest BCUT2D eigenvalue weighted by atomic mass is 19.1. The number of nitrogens with two attached hydrogens (primary N) is 2. The molecule has 5 N–H and O–H groups in total. The lowest BCUT2D eigenvalue weighted by Gasteiger charge is -2.33. The molecule has 0 bridgehead atoms. The molecular formula is C21H27FN8. The number of nitrogen functional groups attached to an aromatic ring is 1. The average Bonchev–Trinajstić information content (AvgIpc) is 3.09. The largest absolute Gasteiger partial charge is 0.397 e. The SMILES string of the molecule is CCNC1CCN(c2cnc(C(N)=Nc3cc(F)c4nc(C)cn4c3)c(N)c2)CC1. The Balaban J connectivity index is 1.54. The Morgan fingerprint density at radius 1 is 1.30 bits per heavy atom. The summed E-state index contributed by atoms with van der Waals surface area (Å²) in [5, 5.41) is 3.50. The quantitative estimate of drug-likeness (QED) is 0.440. The van der Waals surface area contributed by atoms with E-state index in [2.05, 4.69) is 32.1 Å². The number of anilines is 2. The summed E-state index contributed by atoms with van der Waals surface area (Å²) in [6.07, 6.45) is 7.34. The van der Waals surface area contributed by atoms with Crippen LogP contribution < -0.4 is 21.7 Å². The van der Waals surface area contributed by atoms with Crippen molar-refractivity contribution in [1.82, 2.24) is 19.7 Å². The number of nitrogens with one attached hydrogen (secondary N) is 1. The normalized spacial score (nSPS) is 15.8. The van der Waals surface area contributed by atoms with Gasteiger partial charge in [0.1, 0.15) is 5.69 Å². The first-order valence-electron chi connectivity index (χ1n) is 10.2. The summed E-state index contributed by atoms with van der Waals surface area (Å²) in [5.41, 5.74) is 15.5. The fourth-order valence-corrected chi connectivity index (χ4v) is 3.91. The molecule has 3 aromatic rings. The number of hydrogen-bond acceptors (Lipinski definition) is 6. The maximum Gasteiger partial charge on any atom is 0.173 e. The minimum Gasteiger partial charge on any atom is -0.397 e. The van der Waals surface area contributed by atoms with Crippen LogP contribution in [-0.2, 0) is 0 Å². The Morgan fingerprint density at radius 2 is 2.07 bits per heavy atom. The predicted octanol–water partition coefficient (Wildman–Crippen LogP) is 2.37. The highest BCUT2D eigenvalue weighted by molar-refractivity contribution is 6.01. The zero-order valence-electron chi connectivity index (χ0n) is 17.3. The molecule has 0 amide bonds. The number of aryl methyl sites for hydroxylation is 1. The van der Waals surface area contributed by atoms with Gasteiger partial charge in [-0.05, 0) is 32.4 Å². The summed E-state index contributed by atoms with van der Waals surface area (Å²) < 4.78 is 15.9. The third kappa shape index (κ3) is 4.06. The van der Waals surface area contributed by atoms with E-state index in [4.69, 9.17) is 11.5 Å². The van der Waals surface area contributed by atoms with Crippen LogP contribution in [0.25, 0.3) is 5.65 Å². The number of aliphatic imine (C=N–C) groups is 1. The molecule has 8 nitrogen and oxygen atoms in total. The van der Waals surface area contributed by atoms with Crippen LogP contribution in [0, 0.1) is 12.7 Å². The molecule has 0 atom stereocenters. The third-order valence-electron chi connectivity index (χ3n) is 5.36. The van der Waals surface area contributed by atoms with Gasteiger partial charge in [-0.15, -0.1) is 0 Å². The molecule has 1 saturated heterocycles. The van der Waals surface area contributed by atoms with Crippen LogP contribution in [0.2, 0.25) is 0 Å². The topological polar surface area (TPSA) is 110 Å². The second kappa shape index (κ2) is 8.27.